The topological polar surface area (TPSA) is 78.3 Å². The minimum absolute atomic E-state index is 0.0167. The molecule has 0 N–H and O–H groups in total. The SMILES string of the molecule is COCCOC[C@@H]1CC(c2nn(C3CCCCO3)cc2CN(C)CCN(C)C(=O)OC(C)(C)C)CCC1(C)C. The minimum atomic E-state index is -0.497. The van der Waals surface area contributed by atoms with Crippen LogP contribution in [0.15, 0.2) is 6.20 Å². The lowest BCUT2D eigenvalue weighted by molar-refractivity contribution is -0.0400. The molecule has 0 radical (unpaired) electrons. The third-order valence-corrected chi connectivity index (χ3v) is 8.20. The molecule has 1 aliphatic carbocycles. The average molecular weight is 551 g/mol. The Morgan fingerprint density at radius 1 is 1.18 bits per heavy atom. The van der Waals surface area contributed by atoms with E-state index in [9.17, 15) is 4.79 Å². The van der Waals surface area contributed by atoms with Gasteiger partial charge in [-0.25, -0.2) is 9.48 Å². The highest BCUT2D eigenvalue weighted by molar-refractivity contribution is 5.67. The number of rotatable bonds is 12. The maximum Gasteiger partial charge on any atom is 0.410 e. The Hall–Kier alpha value is -1.68. The lowest BCUT2D eigenvalue weighted by atomic mass is 9.65. The summed E-state index contributed by atoms with van der Waals surface area (Å²) in [6, 6.07) is 0. The van der Waals surface area contributed by atoms with Gasteiger partial charge < -0.3 is 28.7 Å². The zero-order valence-electron chi connectivity index (χ0n) is 25.8. The second kappa shape index (κ2) is 14.3. The summed E-state index contributed by atoms with van der Waals surface area (Å²) >= 11 is 0. The van der Waals surface area contributed by atoms with E-state index in [0.29, 0.717) is 31.6 Å². The van der Waals surface area contributed by atoms with E-state index in [-0.39, 0.29) is 17.7 Å². The molecule has 9 nitrogen and oxygen atoms in total. The van der Waals surface area contributed by atoms with Crippen molar-refractivity contribution in [1.29, 1.82) is 0 Å². The normalized spacial score (nSPS) is 23.7. The molecule has 1 aromatic heterocycles. The molecule has 0 aromatic carbocycles. The van der Waals surface area contributed by atoms with E-state index in [2.05, 4.69) is 36.7 Å². The zero-order valence-corrected chi connectivity index (χ0v) is 25.8. The van der Waals surface area contributed by atoms with Gasteiger partial charge >= 0.3 is 6.09 Å². The number of carbonyl (C=O) groups is 1. The molecule has 0 spiro atoms. The van der Waals surface area contributed by atoms with Crippen molar-refractivity contribution in [3.63, 3.8) is 0 Å². The Bertz CT molecular complexity index is 890. The maximum atomic E-state index is 12.4. The number of carbonyl (C=O) groups excluding carboxylic acids is 1. The number of hydrogen-bond acceptors (Lipinski definition) is 7. The molecule has 1 saturated carbocycles. The number of methoxy groups -OCH3 is 1. The number of amides is 1. The summed E-state index contributed by atoms with van der Waals surface area (Å²) in [4.78, 5) is 16.3. The van der Waals surface area contributed by atoms with Crippen LogP contribution in [0.2, 0.25) is 0 Å². The van der Waals surface area contributed by atoms with Crippen LogP contribution >= 0.6 is 0 Å². The van der Waals surface area contributed by atoms with Crippen molar-refractivity contribution in [2.45, 2.75) is 97.4 Å². The second-order valence-corrected chi connectivity index (χ2v) is 13.2. The van der Waals surface area contributed by atoms with Crippen LogP contribution in [0, 0.1) is 11.3 Å². The van der Waals surface area contributed by atoms with Crippen LogP contribution in [-0.4, -0.2) is 92.0 Å². The molecule has 1 saturated heterocycles. The van der Waals surface area contributed by atoms with Crippen molar-refractivity contribution in [2.75, 3.05) is 60.7 Å². The summed E-state index contributed by atoms with van der Waals surface area (Å²) in [6.45, 7) is 15.4. The Morgan fingerprint density at radius 2 is 1.95 bits per heavy atom. The smallest absolute Gasteiger partial charge is 0.410 e. The summed E-state index contributed by atoms with van der Waals surface area (Å²) in [5.41, 5.74) is 2.20. The molecule has 3 atom stereocenters. The molecule has 2 heterocycles. The lowest BCUT2D eigenvalue weighted by Crippen LogP contribution is -2.38. The fourth-order valence-electron chi connectivity index (χ4n) is 5.55. The van der Waals surface area contributed by atoms with Crippen LogP contribution < -0.4 is 0 Å². The Balaban J connectivity index is 1.71. The van der Waals surface area contributed by atoms with Gasteiger partial charge in [0.05, 0.1) is 25.5 Å². The van der Waals surface area contributed by atoms with Gasteiger partial charge in [0.15, 0.2) is 0 Å². The van der Waals surface area contributed by atoms with Gasteiger partial charge in [-0.05, 0) is 77.7 Å². The van der Waals surface area contributed by atoms with Crippen molar-refractivity contribution < 1.29 is 23.7 Å². The van der Waals surface area contributed by atoms with Crippen molar-refractivity contribution in [2.24, 2.45) is 11.3 Å². The first kappa shape index (κ1) is 31.8. The molecule has 224 valence electrons. The number of hydrogen-bond donors (Lipinski definition) is 0. The molecule has 39 heavy (non-hydrogen) atoms. The van der Waals surface area contributed by atoms with Crippen LogP contribution in [0.4, 0.5) is 4.79 Å². The molecule has 0 bridgehead atoms. The molecule has 3 rings (SSSR count). The molecule has 9 heteroatoms. The Kier molecular flexibility index (Phi) is 11.7. The summed E-state index contributed by atoms with van der Waals surface area (Å²) < 4.78 is 24.9. The highest BCUT2D eigenvalue weighted by atomic mass is 16.6. The Labute approximate surface area is 236 Å². The van der Waals surface area contributed by atoms with Crippen molar-refractivity contribution in [3.8, 4) is 0 Å². The second-order valence-electron chi connectivity index (χ2n) is 13.2. The van der Waals surface area contributed by atoms with E-state index in [1.807, 2.05) is 20.8 Å². The van der Waals surface area contributed by atoms with E-state index < -0.39 is 5.60 Å². The predicted molar refractivity (Wildman–Crippen MR) is 153 cm³/mol. The molecular weight excluding hydrogens is 496 g/mol. The van der Waals surface area contributed by atoms with Crippen LogP contribution in [-0.2, 0) is 25.5 Å². The standard InChI is InChI=1S/C30H54N4O5/c1-29(2,3)39-28(35)33(7)15-14-32(6)20-24-21-34(26-11-9-10-16-38-26)31-27(24)23-12-13-30(4,5)25(19-23)22-37-18-17-36-8/h21,23,25-26H,9-20,22H2,1-8H3/t23?,25-,26?/m0/s1. The fourth-order valence-corrected chi connectivity index (χ4v) is 5.55. The molecule has 1 amide bonds. The van der Waals surface area contributed by atoms with Crippen LogP contribution in [0.3, 0.4) is 0 Å². The van der Waals surface area contributed by atoms with Crippen LogP contribution in [0.5, 0.6) is 0 Å². The lowest BCUT2D eigenvalue weighted by Gasteiger charge is -2.42. The largest absolute Gasteiger partial charge is 0.444 e. The van der Waals surface area contributed by atoms with Crippen molar-refractivity contribution >= 4 is 6.09 Å². The molecule has 1 aromatic rings. The first-order valence-electron chi connectivity index (χ1n) is 14.8. The molecule has 1 aliphatic heterocycles. The third-order valence-electron chi connectivity index (χ3n) is 8.20. The number of ether oxygens (including phenoxy) is 4. The molecule has 2 fully saturated rings. The average Bonchev–Trinajstić information content (AvgIpc) is 3.29. The van der Waals surface area contributed by atoms with Gasteiger partial charge in [0, 0.05) is 58.1 Å². The van der Waals surface area contributed by atoms with Crippen LogP contribution in [0.1, 0.15) is 96.5 Å². The van der Waals surface area contributed by atoms with Gasteiger partial charge in [-0.2, -0.15) is 5.10 Å². The summed E-state index contributed by atoms with van der Waals surface area (Å²) in [6.07, 6.45) is 8.58. The van der Waals surface area contributed by atoms with Crippen LogP contribution in [0.25, 0.3) is 0 Å². The quantitative estimate of drug-likeness (QED) is 0.320. The highest BCUT2D eigenvalue weighted by Gasteiger charge is 2.39. The molecule has 2 aliphatic rings. The predicted octanol–water partition coefficient (Wildman–Crippen LogP) is 5.45. The molecule has 2 unspecified atom stereocenters. The van der Waals surface area contributed by atoms with Gasteiger partial charge in [0.1, 0.15) is 11.8 Å². The van der Waals surface area contributed by atoms with Gasteiger partial charge in [0.25, 0.3) is 0 Å². The first-order chi connectivity index (χ1) is 18.4. The molecular formula is C30H54N4O5. The van der Waals surface area contributed by atoms with Crippen molar-refractivity contribution in [3.05, 3.63) is 17.5 Å². The fraction of sp³-hybridized carbons (Fsp3) is 0.867. The van der Waals surface area contributed by atoms with E-state index in [4.69, 9.17) is 24.0 Å². The van der Waals surface area contributed by atoms with Crippen molar-refractivity contribution in [1.82, 2.24) is 19.6 Å². The number of likely N-dealkylation sites (N-methyl/N-ethyl adjacent to an activating group) is 2. The van der Waals surface area contributed by atoms with Gasteiger partial charge in [-0.1, -0.05) is 13.8 Å². The minimum Gasteiger partial charge on any atom is -0.444 e. The first-order valence-corrected chi connectivity index (χ1v) is 14.8. The Morgan fingerprint density at radius 3 is 2.62 bits per heavy atom. The summed E-state index contributed by atoms with van der Waals surface area (Å²) in [7, 11) is 5.62. The van der Waals surface area contributed by atoms with E-state index >= 15 is 0 Å². The summed E-state index contributed by atoms with van der Waals surface area (Å²) in [5, 5.41) is 5.19. The highest BCUT2D eigenvalue weighted by Crippen LogP contribution is 2.47. The van der Waals surface area contributed by atoms with E-state index in [1.165, 1.54) is 17.7 Å². The zero-order chi connectivity index (χ0) is 28.6. The third kappa shape index (κ3) is 9.73. The maximum absolute atomic E-state index is 12.4. The van der Waals surface area contributed by atoms with E-state index in [1.54, 1.807) is 19.1 Å². The number of aromatic nitrogens is 2. The van der Waals surface area contributed by atoms with Gasteiger partial charge in [0.2, 0.25) is 0 Å². The van der Waals surface area contributed by atoms with E-state index in [0.717, 1.165) is 58.4 Å². The van der Waals surface area contributed by atoms with Gasteiger partial charge in [-0.3, -0.25) is 0 Å². The monoisotopic (exact) mass is 550 g/mol. The number of nitrogens with zero attached hydrogens (tertiary/aromatic N) is 4. The van der Waals surface area contributed by atoms with Gasteiger partial charge in [-0.15, -0.1) is 0 Å². The summed E-state index contributed by atoms with van der Waals surface area (Å²) in [5.74, 6) is 0.865.